The lowest BCUT2D eigenvalue weighted by Gasteiger charge is -2.56. The van der Waals surface area contributed by atoms with E-state index in [0.29, 0.717) is 5.41 Å². The first-order valence-corrected chi connectivity index (χ1v) is 10.3. The number of thiazole rings is 1. The smallest absolute Gasteiger partial charge is 0.196 e. The second-order valence-electron chi connectivity index (χ2n) is 7.53. The van der Waals surface area contributed by atoms with Crippen molar-refractivity contribution in [2.45, 2.75) is 50.9 Å². The summed E-state index contributed by atoms with van der Waals surface area (Å²) in [4.78, 5) is 6.22. The highest BCUT2D eigenvalue weighted by molar-refractivity contribution is 9.11. The molecule has 2 heterocycles. The summed E-state index contributed by atoms with van der Waals surface area (Å²) in [6, 6.07) is 0. The predicted molar refractivity (Wildman–Crippen MR) is 93.1 cm³/mol. The maximum Gasteiger partial charge on any atom is 0.196 e. The Labute approximate surface area is 145 Å². The standard InChI is InChI=1S/C16H18Br2N2S/c1-8-14(18)21-15-19-12(13(17)20(8)15)16-5-9-2-10(6-16)4-11(3-9)7-16/h9-11H,2-7H2,1H3. The molecule has 4 aliphatic rings. The van der Waals surface area contributed by atoms with Crippen LogP contribution in [0.5, 0.6) is 0 Å². The van der Waals surface area contributed by atoms with Gasteiger partial charge >= 0.3 is 0 Å². The maximum absolute atomic E-state index is 5.09. The summed E-state index contributed by atoms with van der Waals surface area (Å²) in [5, 5.41) is 0. The topological polar surface area (TPSA) is 17.3 Å². The van der Waals surface area contributed by atoms with E-state index < -0.39 is 0 Å². The molecule has 0 amide bonds. The van der Waals surface area contributed by atoms with Gasteiger partial charge in [-0.1, -0.05) is 11.3 Å². The van der Waals surface area contributed by atoms with Crippen LogP contribution in [0, 0.1) is 24.7 Å². The zero-order chi connectivity index (χ0) is 14.4. The van der Waals surface area contributed by atoms with Crippen LogP contribution in [0.3, 0.4) is 0 Å². The van der Waals surface area contributed by atoms with Crippen LogP contribution in [-0.2, 0) is 5.41 Å². The normalized spacial score (nSPS) is 37.8. The molecule has 5 heteroatoms. The number of hydrogen-bond acceptors (Lipinski definition) is 2. The molecule has 4 saturated carbocycles. The van der Waals surface area contributed by atoms with Crippen LogP contribution in [0.15, 0.2) is 8.39 Å². The van der Waals surface area contributed by atoms with Crippen LogP contribution in [0.4, 0.5) is 0 Å². The molecule has 0 saturated heterocycles. The highest BCUT2D eigenvalue weighted by atomic mass is 79.9. The molecule has 4 fully saturated rings. The van der Waals surface area contributed by atoms with Gasteiger partial charge < -0.3 is 0 Å². The molecule has 21 heavy (non-hydrogen) atoms. The SMILES string of the molecule is Cc1c(Br)sc2nc(C34CC5CC(CC(C5)C3)C4)c(Br)n12. The van der Waals surface area contributed by atoms with Crippen molar-refractivity contribution >= 4 is 48.2 Å². The second-order valence-corrected chi connectivity index (χ2v) is 10.6. The molecular weight excluding hydrogens is 412 g/mol. The summed E-state index contributed by atoms with van der Waals surface area (Å²) in [6.45, 7) is 2.17. The molecule has 0 unspecified atom stereocenters. The monoisotopic (exact) mass is 428 g/mol. The molecule has 4 bridgehead atoms. The number of hydrogen-bond donors (Lipinski definition) is 0. The molecule has 0 radical (unpaired) electrons. The first kappa shape index (κ1) is 13.6. The Kier molecular flexibility index (Phi) is 2.81. The number of imidazole rings is 1. The minimum atomic E-state index is 0.373. The van der Waals surface area contributed by atoms with Crippen molar-refractivity contribution in [3.8, 4) is 0 Å². The lowest BCUT2D eigenvalue weighted by atomic mass is 9.49. The Morgan fingerprint density at radius 1 is 1.10 bits per heavy atom. The third-order valence-corrected chi connectivity index (χ3v) is 8.85. The molecule has 2 nitrogen and oxygen atoms in total. The van der Waals surface area contributed by atoms with Gasteiger partial charge in [-0.15, -0.1) is 0 Å². The summed E-state index contributed by atoms with van der Waals surface area (Å²) in [7, 11) is 0. The van der Waals surface area contributed by atoms with Crippen LogP contribution < -0.4 is 0 Å². The van der Waals surface area contributed by atoms with Crippen LogP contribution in [-0.4, -0.2) is 9.38 Å². The van der Waals surface area contributed by atoms with E-state index in [2.05, 4.69) is 43.2 Å². The number of nitrogens with zero attached hydrogens (tertiary/aromatic N) is 2. The minimum Gasteiger partial charge on any atom is -0.280 e. The van der Waals surface area contributed by atoms with Gasteiger partial charge in [-0.05, 0) is 95.1 Å². The summed E-state index contributed by atoms with van der Waals surface area (Å²) in [6.07, 6.45) is 8.60. The zero-order valence-electron chi connectivity index (χ0n) is 12.0. The van der Waals surface area contributed by atoms with E-state index in [0.717, 1.165) is 22.7 Å². The van der Waals surface area contributed by atoms with Gasteiger partial charge in [0.05, 0.1) is 9.48 Å². The summed E-state index contributed by atoms with van der Waals surface area (Å²) in [5.41, 5.74) is 3.01. The number of rotatable bonds is 1. The fourth-order valence-corrected chi connectivity index (χ4v) is 8.25. The van der Waals surface area contributed by atoms with Crippen LogP contribution in [0.1, 0.15) is 49.9 Å². The van der Waals surface area contributed by atoms with Gasteiger partial charge in [0, 0.05) is 11.1 Å². The van der Waals surface area contributed by atoms with Crippen molar-refractivity contribution in [3.05, 3.63) is 19.8 Å². The third-order valence-electron chi connectivity index (χ3n) is 6.13. The van der Waals surface area contributed by atoms with E-state index in [1.54, 1.807) is 11.3 Å². The quantitative estimate of drug-likeness (QED) is 0.568. The second kappa shape index (κ2) is 4.35. The highest BCUT2D eigenvalue weighted by Crippen LogP contribution is 2.61. The van der Waals surface area contributed by atoms with Crippen molar-refractivity contribution < 1.29 is 0 Å². The Morgan fingerprint density at radius 3 is 2.19 bits per heavy atom. The molecule has 0 aromatic carbocycles. The van der Waals surface area contributed by atoms with Gasteiger partial charge in [-0.3, -0.25) is 4.40 Å². The molecule has 0 N–H and O–H groups in total. The van der Waals surface area contributed by atoms with Gasteiger partial charge in [0.25, 0.3) is 0 Å². The lowest BCUT2D eigenvalue weighted by Crippen LogP contribution is -2.48. The molecule has 112 valence electrons. The van der Waals surface area contributed by atoms with Crippen molar-refractivity contribution in [3.63, 3.8) is 0 Å². The molecule has 2 aromatic rings. The average Bonchev–Trinajstić information content (AvgIpc) is 2.87. The van der Waals surface area contributed by atoms with E-state index in [9.17, 15) is 0 Å². The zero-order valence-corrected chi connectivity index (χ0v) is 16.0. The van der Waals surface area contributed by atoms with Crippen molar-refractivity contribution in [1.29, 1.82) is 0 Å². The van der Waals surface area contributed by atoms with E-state index >= 15 is 0 Å². The van der Waals surface area contributed by atoms with Crippen LogP contribution >= 0.6 is 43.2 Å². The van der Waals surface area contributed by atoms with Gasteiger partial charge in [-0.2, -0.15) is 0 Å². The van der Waals surface area contributed by atoms with Gasteiger partial charge in [0.1, 0.15) is 4.60 Å². The van der Waals surface area contributed by atoms with Crippen LogP contribution in [0.25, 0.3) is 4.96 Å². The van der Waals surface area contributed by atoms with Crippen molar-refractivity contribution in [2.24, 2.45) is 17.8 Å². The fraction of sp³-hybridized carbons (Fsp3) is 0.688. The van der Waals surface area contributed by atoms with Gasteiger partial charge in [0.2, 0.25) is 0 Å². The number of aromatic nitrogens is 2. The largest absolute Gasteiger partial charge is 0.280 e. The third kappa shape index (κ3) is 1.77. The molecular formula is C16H18Br2N2S. The number of fused-ring (bicyclic) bond motifs is 1. The van der Waals surface area contributed by atoms with Gasteiger partial charge in [0.15, 0.2) is 4.96 Å². The summed E-state index contributed by atoms with van der Waals surface area (Å²) < 4.78 is 4.71. The lowest BCUT2D eigenvalue weighted by molar-refractivity contribution is -0.00733. The Balaban J connectivity index is 1.69. The minimum absolute atomic E-state index is 0.373. The van der Waals surface area contributed by atoms with E-state index in [1.165, 1.54) is 58.3 Å². The predicted octanol–water partition coefficient (Wildman–Crippen LogP) is 5.70. The highest BCUT2D eigenvalue weighted by Gasteiger charge is 2.53. The van der Waals surface area contributed by atoms with Crippen molar-refractivity contribution in [2.75, 3.05) is 0 Å². The molecule has 0 aliphatic heterocycles. The molecule has 4 aliphatic carbocycles. The fourth-order valence-electron chi connectivity index (χ4n) is 5.72. The Bertz CT molecular complexity index is 710. The Morgan fingerprint density at radius 2 is 1.67 bits per heavy atom. The summed E-state index contributed by atoms with van der Waals surface area (Å²) in [5.74, 6) is 2.90. The molecule has 6 rings (SSSR count). The number of halogens is 2. The average molecular weight is 430 g/mol. The van der Waals surface area contributed by atoms with Gasteiger partial charge in [-0.25, -0.2) is 4.98 Å². The molecule has 0 spiro atoms. The van der Waals surface area contributed by atoms with E-state index in [1.807, 2.05) is 0 Å². The summed E-state index contributed by atoms with van der Waals surface area (Å²) >= 11 is 9.30. The number of aryl methyl sites for hydroxylation is 1. The van der Waals surface area contributed by atoms with Crippen molar-refractivity contribution in [1.82, 2.24) is 9.38 Å². The molecule has 2 aromatic heterocycles. The van der Waals surface area contributed by atoms with E-state index in [4.69, 9.17) is 4.98 Å². The Hall–Kier alpha value is 0.130. The maximum atomic E-state index is 5.09. The first-order valence-electron chi connectivity index (χ1n) is 7.89. The molecule has 0 atom stereocenters. The first-order chi connectivity index (χ1) is 10.1. The van der Waals surface area contributed by atoms with Crippen LogP contribution in [0.2, 0.25) is 0 Å². The van der Waals surface area contributed by atoms with E-state index in [-0.39, 0.29) is 0 Å².